The average Bonchev–Trinajstić information content (AvgIpc) is 2.86. The van der Waals surface area contributed by atoms with Crippen molar-refractivity contribution in [1.82, 2.24) is 10.1 Å². The number of hydrogen-bond donors (Lipinski definition) is 1. The van der Waals surface area contributed by atoms with Gasteiger partial charge in [0, 0.05) is 5.56 Å². The molecule has 0 spiro atoms. The van der Waals surface area contributed by atoms with Crippen molar-refractivity contribution in [2.24, 2.45) is 0 Å². The van der Waals surface area contributed by atoms with E-state index in [2.05, 4.69) is 10.1 Å². The maximum atomic E-state index is 11.0. The van der Waals surface area contributed by atoms with Gasteiger partial charge in [0.1, 0.15) is 5.76 Å². The SMILES string of the molecule is Cc1noc(C)c1C(CC(=O)O)N1CCCC1. The summed E-state index contributed by atoms with van der Waals surface area (Å²) in [7, 11) is 0. The van der Waals surface area contributed by atoms with Crippen LogP contribution in [0.1, 0.15) is 42.3 Å². The van der Waals surface area contributed by atoms with Crippen LogP contribution in [0.5, 0.6) is 0 Å². The number of nitrogens with zero attached hydrogens (tertiary/aromatic N) is 2. The molecule has 1 atom stereocenters. The maximum absolute atomic E-state index is 11.0. The molecule has 1 aromatic heterocycles. The standard InChI is InChI=1S/C12H18N2O3/c1-8-12(9(2)17-13-8)10(7-11(15)16)14-5-3-4-6-14/h10H,3-7H2,1-2H3,(H,15,16). The van der Waals surface area contributed by atoms with E-state index in [4.69, 9.17) is 9.63 Å². The van der Waals surface area contributed by atoms with Gasteiger partial charge in [0.25, 0.3) is 0 Å². The second kappa shape index (κ2) is 4.87. The van der Waals surface area contributed by atoms with Crippen LogP contribution in [0, 0.1) is 13.8 Å². The molecule has 0 aromatic carbocycles. The summed E-state index contributed by atoms with van der Waals surface area (Å²) < 4.78 is 5.15. The molecule has 2 heterocycles. The van der Waals surface area contributed by atoms with Gasteiger partial charge in [-0.2, -0.15) is 0 Å². The van der Waals surface area contributed by atoms with E-state index >= 15 is 0 Å². The highest BCUT2D eigenvalue weighted by atomic mass is 16.5. The van der Waals surface area contributed by atoms with Gasteiger partial charge in [0.2, 0.25) is 0 Å². The van der Waals surface area contributed by atoms with Gasteiger partial charge in [0.05, 0.1) is 18.2 Å². The lowest BCUT2D eigenvalue weighted by molar-refractivity contribution is -0.138. The molecule has 0 aliphatic carbocycles. The molecule has 94 valence electrons. The molecule has 0 amide bonds. The van der Waals surface area contributed by atoms with E-state index in [1.807, 2.05) is 13.8 Å². The second-order valence-corrected chi connectivity index (χ2v) is 4.59. The molecule has 0 radical (unpaired) electrons. The molecule has 1 unspecified atom stereocenters. The third-order valence-corrected chi connectivity index (χ3v) is 3.37. The number of carbonyl (C=O) groups is 1. The molecule has 5 heteroatoms. The Kier molecular flexibility index (Phi) is 3.47. The van der Waals surface area contributed by atoms with E-state index in [0.717, 1.165) is 42.9 Å². The van der Waals surface area contributed by atoms with Crippen molar-refractivity contribution in [3.05, 3.63) is 17.0 Å². The third kappa shape index (κ3) is 2.49. The van der Waals surface area contributed by atoms with Gasteiger partial charge in [-0.25, -0.2) is 0 Å². The van der Waals surface area contributed by atoms with Crippen molar-refractivity contribution in [3.8, 4) is 0 Å². The van der Waals surface area contributed by atoms with Crippen molar-refractivity contribution >= 4 is 5.97 Å². The summed E-state index contributed by atoms with van der Waals surface area (Å²) in [6.07, 6.45) is 2.39. The Morgan fingerprint density at radius 3 is 2.59 bits per heavy atom. The second-order valence-electron chi connectivity index (χ2n) is 4.59. The minimum Gasteiger partial charge on any atom is -0.481 e. The lowest BCUT2D eigenvalue weighted by atomic mass is 10.0. The number of carboxylic acids is 1. The van der Waals surface area contributed by atoms with E-state index in [1.165, 1.54) is 0 Å². The molecule has 1 N–H and O–H groups in total. The van der Waals surface area contributed by atoms with Gasteiger partial charge in [-0.3, -0.25) is 9.69 Å². The topological polar surface area (TPSA) is 66.6 Å². The van der Waals surface area contributed by atoms with Crippen molar-refractivity contribution in [3.63, 3.8) is 0 Å². The van der Waals surface area contributed by atoms with Gasteiger partial charge < -0.3 is 9.63 Å². The minimum absolute atomic E-state index is 0.0961. The van der Waals surface area contributed by atoms with E-state index in [1.54, 1.807) is 0 Å². The van der Waals surface area contributed by atoms with E-state index in [-0.39, 0.29) is 12.5 Å². The Labute approximate surface area is 100 Å². The monoisotopic (exact) mass is 238 g/mol. The zero-order valence-corrected chi connectivity index (χ0v) is 10.3. The number of hydrogen-bond acceptors (Lipinski definition) is 4. The van der Waals surface area contributed by atoms with Gasteiger partial charge in [-0.15, -0.1) is 0 Å². The molecular formula is C12H18N2O3. The molecule has 1 aliphatic heterocycles. The highest BCUT2D eigenvalue weighted by Gasteiger charge is 2.30. The molecule has 1 aliphatic rings. The molecule has 0 bridgehead atoms. The predicted molar refractivity (Wildman–Crippen MR) is 61.8 cm³/mol. The molecule has 1 aromatic rings. The quantitative estimate of drug-likeness (QED) is 0.867. The van der Waals surface area contributed by atoms with E-state index in [9.17, 15) is 4.79 Å². The number of aromatic nitrogens is 1. The molecular weight excluding hydrogens is 220 g/mol. The van der Waals surface area contributed by atoms with Crippen LogP contribution in [0.3, 0.4) is 0 Å². The molecule has 5 nitrogen and oxygen atoms in total. The maximum Gasteiger partial charge on any atom is 0.305 e. The molecule has 1 fully saturated rings. The van der Waals surface area contributed by atoms with Crippen LogP contribution in [0.2, 0.25) is 0 Å². The molecule has 2 rings (SSSR count). The number of carboxylic acid groups (broad SMARTS) is 1. The van der Waals surface area contributed by atoms with Gasteiger partial charge >= 0.3 is 5.97 Å². The first kappa shape index (κ1) is 12.1. The number of likely N-dealkylation sites (tertiary alicyclic amines) is 1. The third-order valence-electron chi connectivity index (χ3n) is 3.37. The smallest absolute Gasteiger partial charge is 0.305 e. The Bertz CT molecular complexity index is 388. The number of aryl methyl sites for hydroxylation is 2. The summed E-state index contributed by atoms with van der Waals surface area (Å²) in [5.74, 6) is -0.0393. The van der Waals surface area contributed by atoms with Crippen LogP contribution >= 0.6 is 0 Å². The summed E-state index contributed by atoms with van der Waals surface area (Å²) in [5.41, 5.74) is 1.76. The van der Waals surface area contributed by atoms with Crippen LogP contribution in [-0.2, 0) is 4.79 Å². The van der Waals surface area contributed by atoms with Gasteiger partial charge in [0.15, 0.2) is 0 Å². The summed E-state index contributed by atoms with van der Waals surface area (Å²) in [5, 5.41) is 13.0. The Hall–Kier alpha value is -1.36. The van der Waals surface area contributed by atoms with Crippen molar-refractivity contribution in [1.29, 1.82) is 0 Å². The van der Waals surface area contributed by atoms with Crippen molar-refractivity contribution in [2.75, 3.05) is 13.1 Å². The fourth-order valence-corrected chi connectivity index (χ4v) is 2.60. The first-order chi connectivity index (χ1) is 8.09. The zero-order chi connectivity index (χ0) is 12.4. The first-order valence-electron chi connectivity index (χ1n) is 5.98. The summed E-state index contributed by atoms with van der Waals surface area (Å²) in [6.45, 7) is 5.64. The lowest BCUT2D eigenvalue weighted by Gasteiger charge is -2.26. The summed E-state index contributed by atoms with van der Waals surface area (Å²) in [6, 6.07) is -0.0961. The molecule has 0 saturated carbocycles. The normalized spacial score (nSPS) is 18.5. The van der Waals surface area contributed by atoms with E-state index < -0.39 is 5.97 Å². The van der Waals surface area contributed by atoms with Crippen LogP contribution in [0.4, 0.5) is 0 Å². The summed E-state index contributed by atoms with van der Waals surface area (Å²) in [4.78, 5) is 13.2. The Balaban J connectivity index is 2.28. The van der Waals surface area contributed by atoms with Crippen molar-refractivity contribution < 1.29 is 14.4 Å². The number of rotatable bonds is 4. The van der Waals surface area contributed by atoms with Crippen LogP contribution < -0.4 is 0 Å². The fourth-order valence-electron chi connectivity index (χ4n) is 2.60. The zero-order valence-electron chi connectivity index (χ0n) is 10.3. The van der Waals surface area contributed by atoms with Crippen LogP contribution in [0.15, 0.2) is 4.52 Å². The van der Waals surface area contributed by atoms with E-state index in [0.29, 0.717) is 0 Å². The van der Waals surface area contributed by atoms with Gasteiger partial charge in [-0.05, 0) is 39.8 Å². The van der Waals surface area contributed by atoms with Crippen LogP contribution in [-0.4, -0.2) is 34.2 Å². The lowest BCUT2D eigenvalue weighted by Crippen LogP contribution is -2.28. The van der Waals surface area contributed by atoms with Crippen molar-refractivity contribution in [2.45, 2.75) is 39.2 Å². The van der Waals surface area contributed by atoms with Gasteiger partial charge in [-0.1, -0.05) is 5.16 Å². The Morgan fingerprint density at radius 2 is 2.12 bits per heavy atom. The predicted octanol–water partition coefficient (Wildman–Crippen LogP) is 1.90. The molecule has 17 heavy (non-hydrogen) atoms. The number of aliphatic carboxylic acids is 1. The Morgan fingerprint density at radius 1 is 1.47 bits per heavy atom. The molecule has 1 saturated heterocycles. The summed E-state index contributed by atoms with van der Waals surface area (Å²) >= 11 is 0. The minimum atomic E-state index is -0.776. The van der Waals surface area contributed by atoms with Crippen LogP contribution in [0.25, 0.3) is 0 Å². The fraction of sp³-hybridized carbons (Fsp3) is 0.667. The first-order valence-corrected chi connectivity index (χ1v) is 5.98. The largest absolute Gasteiger partial charge is 0.481 e. The highest BCUT2D eigenvalue weighted by Crippen LogP contribution is 2.32. The average molecular weight is 238 g/mol. The highest BCUT2D eigenvalue weighted by molar-refractivity contribution is 5.68.